The highest BCUT2D eigenvalue weighted by Gasteiger charge is 2.16. The molecule has 0 radical (unpaired) electrons. The van der Waals surface area contributed by atoms with Crippen LogP contribution in [-0.2, 0) is 0 Å². The highest BCUT2D eigenvalue weighted by Crippen LogP contribution is 2.41. The summed E-state index contributed by atoms with van der Waals surface area (Å²) in [6, 6.07) is 8.58. The molecule has 2 N–H and O–H groups in total. The molecule has 0 aliphatic carbocycles. The Hall–Kier alpha value is -3.09. The van der Waals surface area contributed by atoms with Gasteiger partial charge in [-0.3, -0.25) is 0 Å². The van der Waals surface area contributed by atoms with Crippen LogP contribution in [0.3, 0.4) is 0 Å². The summed E-state index contributed by atoms with van der Waals surface area (Å²) in [7, 11) is 1.56. The summed E-state index contributed by atoms with van der Waals surface area (Å²) in [6.07, 6.45) is 0. The number of benzene rings is 2. The van der Waals surface area contributed by atoms with Gasteiger partial charge in [0.05, 0.1) is 38.3 Å². The summed E-state index contributed by atoms with van der Waals surface area (Å²) in [6.45, 7) is 8.99. The number of nitrogens with one attached hydrogen (secondary N) is 2. The van der Waals surface area contributed by atoms with Crippen molar-refractivity contribution in [3.05, 3.63) is 35.9 Å². The lowest BCUT2D eigenvalue weighted by molar-refractivity contribution is 0.260. The number of anilines is 2. The maximum Gasteiger partial charge on any atom is 0.323 e. The molecule has 0 heterocycles. The molecule has 0 spiro atoms. The topological polar surface area (TPSA) is 78.1 Å². The second-order valence-corrected chi connectivity index (χ2v) is 5.88. The number of carbonyl (C=O) groups excluding carboxylic acids is 1. The third kappa shape index (κ3) is 5.45. The lowest BCUT2D eigenvalue weighted by Crippen LogP contribution is -2.20. The molecule has 152 valence electrons. The van der Waals surface area contributed by atoms with Crippen molar-refractivity contribution >= 4 is 17.4 Å². The number of carbonyl (C=O) groups is 1. The first-order valence-electron chi connectivity index (χ1n) is 9.31. The zero-order valence-electron chi connectivity index (χ0n) is 17.0. The van der Waals surface area contributed by atoms with Crippen molar-refractivity contribution in [2.75, 3.05) is 37.6 Å². The van der Waals surface area contributed by atoms with Crippen LogP contribution in [0.15, 0.2) is 30.3 Å². The highest BCUT2D eigenvalue weighted by molar-refractivity contribution is 6.01. The Morgan fingerprint density at radius 3 is 2.00 bits per heavy atom. The first-order valence-corrected chi connectivity index (χ1v) is 9.31. The molecule has 28 heavy (non-hydrogen) atoms. The van der Waals surface area contributed by atoms with Crippen LogP contribution in [0.25, 0.3) is 0 Å². The number of hydrogen-bond acceptors (Lipinski definition) is 5. The van der Waals surface area contributed by atoms with Crippen LogP contribution in [0.5, 0.6) is 23.0 Å². The molecule has 0 aliphatic rings. The van der Waals surface area contributed by atoms with Gasteiger partial charge in [0.25, 0.3) is 0 Å². The molecule has 0 fully saturated rings. The van der Waals surface area contributed by atoms with E-state index in [9.17, 15) is 4.79 Å². The van der Waals surface area contributed by atoms with Crippen LogP contribution in [0.1, 0.15) is 26.3 Å². The van der Waals surface area contributed by atoms with Crippen LogP contribution < -0.4 is 29.6 Å². The smallest absolute Gasteiger partial charge is 0.323 e. The molecule has 0 bridgehead atoms. The fourth-order valence-corrected chi connectivity index (χ4v) is 2.67. The summed E-state index contributed by atoms with van der Waals surface area (Å²) in [5.41, 5.74) is 2.12. The minimum absolute atomic E-state index is 0.405. The van der Waals surface area contributed by atoms with E-state index < -0.39 is 6.03 Å². The fourth-order valence-electron chi connectivity index (χ4n) is 2.67. The molecule has 0 atom stereocenters. The highest BCUT2D eigenvalue weighted by atomic mass is 16.5. The monoisotopic (exact) mass is 388 g/mol. The van der Waals surface area contributed by atoms with Gasteiger partial charge in [-0.05, 0) is 45.4 Å². The van der Waals surface area contributed by atoms with E-state index in [4.69, 9.17) is 18.9 Å². The maximum atomic E-state index is 12.5. The van der Waals surface area contributed by atoms with Gasteiger partial charge in [0.15, 0.2) is 11.5 Å². The van der Waals surface area contributed by atoms with E-state index in [1.807, 2.05) is 45.9 Å². The van der Waals surface area contributed by atoms with Gasteiger partial charge in [-0.25, -0.2) is 4.79 Å². The summed E-state index contributed by atoms with van der Waals surface area (Å²) in [5, 5.41) is 5.61. The number of urea groups is 1. The van der Waals surface area contributed by atoms with Gasteiger partial charge in [-0.2, -0.15) is 0 Å². The normalized spacial score (nSPS) is 10.2. The number of hydrogen-bond donors (Lipinski definition) is 2. The predicted molar refractivity (Wildman–Crippen MR) is 110 cm³/mol. The molecule has 7 nitrogen and oxygen atoms in total. The SMILES string of the molecule is CCOc1cc(NC(=O)Nc2cc(C)ccc2OC)cc(OCC)c1OCC. The molecule has 0 saturated heterocycles. The summed E-state index contributed by atoms with van der Waals surface area (Å²) >= 11 is 0. The van der Waals surface area contributed by atoms with Gasteiger partial charge < -0.3 is 29.6 Å². The van der Waals surface area contributed by atoms with Crippen molar-refractivity contribution < 1.29 is 23.7 Å². The van der Waals surface area contributed by atoms with Crippen molar-refractivity contribution in [2.24, 2.45) is 0 Å². The number of amides is 2. The molecule has 7 heteroatoms. The van der Waals surface area contributed by atoms with Crippen molar-refractivity contribution in [1.29, 1.82) is 0 Å². The Kier molecular flexibility index (Phi) is 7.80. The van der Waals surface area contributed by atoms with E-state index in [0.717, 1.165) is 5.56 Å². The molecule has 0 unspecified atom stereocenters. The number of ether oxygens (including phenoxy) is 4. The van der Waals surface area contributed by atoms with Gasteiger partial charge in [0.1, 0.15) is 5.75 Å². The van der Waals surface area contributed by atoms with Gasteiger partial charge in [0, 0.05) is 12.1 Å². The molecule has 0 aromatic heterocycles. The van der Waals surface area contributed by atoms with E-state index in [1.54, 1.807) is 19.2 Å². The Balaban J connectivity index is 2.27. The molecule has 2 aromatic rings. The summed E-state index contributed by atoms with van der Waals surface area (Å²) < 4.78 is 22.3. The standard InChI is InChI=1S/C21H28N2O5/c1-6-26-18-12-15(13-19(27-7-2)20(18)28-8-3)22-21(24)23-16-11-14(4)9-10-17(16)25-5/h9-13H,6-8H2,1-5H3,(H2,22,23,24). The van der Waals surface area contributed by atoms with Crippen LogP contribution in [-0.4, -0.2) is 33.0 Å². The largest absolute Gasteiger partial charge is 0.495 e. The van der Waals surface area contributed by atoms with E-state index >= 15 is 0 Å². The first kappa shape index (κ1) is 21.2. The van der Waals surface area contributed by atoms with E-state index in [1.165, 1.54) is 0 Å². The Labute approximate surface area is 165 Å². The number of aryl methyl sites for hydroxylation is 1. The Bertz CT molecular complexity index is 780. The van der Waals surface area contributed by atoms with Gasteiger partial charge in [-0.15, -0.1) is 0 Å². The molecule has 0 aliphatic heterocycles. The zero-order valence-corrected chi connectivity index (χ0v) is 17.0. The lowest BCUT2D eigenvalue weighted by atomic mass is 10.2. The number of methoxy groups -OCH3 is 1. The van der Waals surface area contributed by atoms with Crippen molar-refractivity contribution in [2.45, 2.75) is 27.7 Å². The minimum Gasteiger partial charge on any atom is -0.495 e. The lowest BCUT2D eigenvalue weighted by Gasteiger charge is -2.18. The maximum absolute atomic E-state index is 12.5. The van der Waals surface area contributed by atoms with Crippen molar-refractivity contribution in [3.8, 4) is 23.0 Å². The first-order chi connectivity index (χ1) is 13.5. The van der Waals surface area contributed by atoms with Crippen LogP contribution in [0, 0.1) is 6.92 Å². The fraction of sp³-hybridized carbons (Fsp3) is 0.381. The van der Waals surface area contributed by atoms with Gasteiger partial charge >= 0.3 is 6.03 Å². The quantitative estimate of drug-likeness (QED) is 0.642. The Morgan fingerprint density at radius 1 is 0.857 bits per heavy atom. The summed E-state index contributed by atoms with van der Waals surface area (Å²) in [4.78, 5) is 12.5. The van der Waals surface area contributed by atoms with Gasteiger partial charge in [-0.1, -0.05) is 6.07 Å². The Morgan fingerprint density at radius 2 is 1.46 bits per heavy atom. The summed E-state index contributed by atoms with van der Waals surface area (Å²) in [5.74, 6) is 2.13. The van der Waals surface area contributed by atoms with Crippen LogP contribution >= 0.6 is 0 Å². The molecule has 2 amide bonds. The molecular formula is C21H28N2O5. The van der Waals surface area contributed by atoms with E-state index in [2.05, 4.69) is 10.6 Å². The molecule has 2 rings (SSSR count). The molecule has 2 aromatic carbocycles. The second kappa shape index (κ2) is 10.3. The average Bonchev–Trinajstić information content (AvgIpc) is 2.65. The van der Waals surface area contributed by atoms with Crippen LogP contribution in [0.2, 0.25) is 0 Å². The predicted octanol–water partition coefficient (Wildman–Crippen LogP) is 4.84. The third-order valence-corrected chi connectivity index (χ3v) is 3.77. The minimum atomic E-state index is -0.405. The van der Waals surface area contributed by atoms with E-state index in [-0.39, 0.29) is 0 Å². The van der Waals surface area contributed by atoms with Crippen molar-refractivity contribution in [1.82, 2.24) is 0 Å². The van der Waals surface area contributed by atoms with Crippen LogP contribution in [0.4, 0.5) is 16.2 Å². The molecular weight excluding hydrogens is 360 g/mol. The van der Waals surface area contributed by atoms with Crippen molar-refractivity contribution in [3.63, 3.8) is 0 Å². The molecule has 0 saturated carbocycles. The third-order valence-electron chi connectivity index (χ3n) is 3.77. The second-order valence-electron chi connectivity index (χ2n) is 5.88. The zero-order chi connectivity index (χ0) is 20.5. The average molecular weight is 388 g/mol. The van der Waals surface area contributed by atoms with Gasteiger partial charge in [0.2, 0.25) is 5.75 Å². The number of rotatable bonds is 9. The van der Waals surface area contributed by atoms with E-state index in [0.29, 0.717) is 54.2 Å².